The van der Waals surface area contributed by atoms with E-state index in [9.17, 15) is 0 Å². The van der Waals surface area contributed by atoms with E-state index in [1.54, 1.807) is 7.11 Å². The molecule has 1 unspecified atom stereocenters. The first-order chi connectivity index (χ1) is 12.9. The van der Waals surface area contributed by atoms with Crippen molar-refractivity contribution < 1.29 is 14.2 Å². The number of hydrogen-bond acceptors (Lipinski definition) is 4. The van der Waals surface area contributed by atoms with E-state index in [-0.39, 0.29) is 12.2 Å². The third-order valence-electron chi connectivity index (χ3n) is 4.22. The molecule has 0 aliphatic carbocycles. The van der Waals surface area contributed by atoms with Crippen molar-refractivity contribution >= 4 is 11.6 Å². The highest BCUT2D eigenvalue weighted by Crippen LogP contribution is 2.35. The van der Waals surface area contributed by atoms with Crippen LogP contribution in [0.4, 0.5) is 5.69 Å². The summed E-state index contributed by atoms with van der Waals surface area (Å²) in [4.78, 5) is 4.43. The number of aliphatic imine (C=N–C) groups is 1. The summed E-state index contributed by atoms with van der Waals surface area (Å²) < 4.78 is 17.0. The summed E-state index contributed by atoms with van der Waals surface area (Å²) in [5, 5.41) is 3.09. The van der Waals surface area contributed by atoms with Crippen LogP contribution in [0.2, 0.25) is 0 Å². The van der Waals surface area contributed by atoms with Gasteiger partial charge in [-0.3, -0.25) is 0 Å². The van der Waals surface area contributed by atoms with E-state index >= 15 is 0 Å². The molecular formula is C21H27N3O3. The van der Waals surface area contributed by atoms with Crippen molar-refractivity contribution in [3.63, 3.8) is 0 Å². The molecular weight excluding hydrogens is 342 g/mol. The molecule has 3 N–H and O–H groups in total. The van der Waals surface area contributed by atoms with Crippen LogP contribution in [0.3, 0.4) is 0 Å². The Balaban J connectivity index is 1.66. The first-order valence-corrected chi connectivity index (χ1v) is 9.14. The second kappa shape index (κ2) is 8.20. The molecule has 0 radical (unpaired) electrons. The van der Waals surface area contributed by atoms with Crippen LogP contribution in [0.15, 0.2) is 41.4 Å². The van der Waals surface area contributed by atoms with Crippen molar-refractivity contribution in [3.8, 4) is 17.2 Å². The van der Waals surface area contributed by atoms with E-state index in [4.69, 9.17) is 19.9 Å². The minimum absolute atomic E-state index is 0.143. The van der Waals surface area contributed by atoms with Gasteiger partial charge in [0.1, 0.15) is 23.4 Å². The topological polar surface area (TPSA) is 78.1 Å². The lowest BCUT2D eigenvalue weighted by Crippen LogP contribution is -2.22. The maximum absolute atomic E-state index is 6.03. The fourth-order valence-corrected chi connectivity index (χ4v) is 3.04. The van der Waals surface area contributed by atoms with Crippen molar-refractivity contribution in [1.82, 2.24) is 0 Å². The maximum atomic E-state index is 6.03. The van der Waals surface area contributed by atoms with Gasteiger partial charge in [-0.2, -0.15) is 0 Å². The molecule has 0 saturated heterocycles. The van der Waals surface area contributed by atoms with E-state index in [2.05, 4.69) is 17.2 Å². The molecule has 6 heteroatoms. The highest BCUT2D eigenvalue weighted by atomic mass is 16.5. The first kappa shape index (κ1) is 18.9. The molecule has 0 spiro atoms. The number of nitrogens with zero attached hydrogens (tertiary/aromatic N) is 1. The van der Waals surface area contributed by atoms with Gasteiger partial charge >= 0.3 is 0 Å². The van der Waals surface area contributed by atoms with E-state index < -0.39 is 0 Å². The van der Waals surface area contributed by atoms with Gasteiger partial charge in [0.25, 0.3) is 0 Å². The van der Waals surface area contributed by atoms with Crippen LogP contribution >= 0.6 is 0 Å². The van der Waals surface area contributed by atoms with Gasteiger partial charge in [0, 0.05) is 23.2 Å². The highest BCUT2D eigenvalue weighted by Gasteiger charge is 2.21. The molecule has 144 valence electrons. The van der Waals surface area contributed by atoms with Gasteiger partial charge in [-0.1, -0.05) is 0 Å². The minimum atomic E-state index is 0.143. The van der Waals surface area contributed by atoms with Gasteiger partial charge in [0.2, 0.25) is 0 Å². The van der Waals surface area contributed by atoms with E-state index in [1.807, 2.05) is 50.2 Å². The molecule has 3 rings (SSSR count). The number of methoxy groups -OCH3 is 1. The van der Waals surface area contributed by atoms with Gasteiger partial charge < -0.3 is 25.3 Å². The first-order valence-electron chi connectivity index (χ1n) is 9.14. The van der Waals surface area contributed by atoms with Crippen LogP contribution in [-0.2, 0) is 13.0 Å². The molecule has 1 heterocycles. The van der Waals surface area contributed by atoms with Crippen molar-refractivity contribution in [2.24, 2.45) is 10.7 Å². The quantitative estimate of drug-likeness (QED) is 0.599. The smallest absolute Gasteiger partial charge is 0.193 e. The summed E-state index contributed by atoms with van der Waals surface area (Å²) in [5.74, 6) is 2.87. The molecule has 27 heavy (non-hydrogen) atoms. The Morgan fingerprint density at radius 3 is 2.70 bits per heavy atom. The Hall–Kier alpha value is -2.89. The van der Waals surface area contributed by atoms with Crippen molar-refractivity contribution in [2.75, 3.05) is 12.4 Å². The molecule has 0 amide bonds. The summed E-state index contributed by atoms with van der Waals surface area (Å²) in [6.45, 7) is 6.46. The van der Waals surface area contributed by atoms with Crippen LogP contribution in [0.1, 0.15) is 31.9 Å². The van der Waals surface area contributed by atoms with Gasteiger partial charge in [-0.25, -0.2) is 4.99 Å². The zero-order valence-corrected chi connectivity index (χ0v) is 16.3. The van der Waals surface area contributed by atoms with Gasteiger partial charge in [-0.05, 0) is 57.2 Å². The molecule has 0 aromatic heterocycles. The lowest BCUT2D eigenvalue weighted by Gasteiger charge is -2.12. The van der Waals surface area contributed by atoms with Crippen LogP contribution in [0.25, 0.3) is 0 Å². The Morgan fingerprint density at radius 1 is 1.30 bits per heavy atom. The summed E-state index contributed by atoms with van der Waals surface area (Å²) in [6, 6.07) is 11.6. The average molecular weight is 369 g/mol. The third kappa shape index (κ3) is 4.84. The molecule has 6 nitrogen and oxygen atoms in total. The second-order valence-electron chi connectivity index (χ2n) is 6.92. The number of guanidine groups is 1. The normalized spacial score (nSPS) is 16.0. The predicted molar refractivity (Wildman–Crippen MR) is 108 cm³/mol. The number of anilines is 1. The molecule has 0 saturated carbocycles. The van der Waals surface area contributed by atoms with Gasteiger partial charge in [0.05, 0.1) is 19.8 Å². The SMILES string of the molecule is COc1cc2c(cc1CN=C(N)Nc1ccc(OC(C)C)cc1)OC(C)C2. The number of ether oxygens (including phenoxy) is 3. The lowest BCUT2D eigenvalue weighted by atomic mass is 10.1. The number of hydrogen-bond donors (Lipinski definition) is 2. The van der Waals surface area contributed by atoms with E-state index in [0.29, 0.717) is 12.5 Å². The van der Waals surface area contributed by atoms with Crippen LogP contribution in [0, 0.1) is 0 Å². The molecule has 0 bridgehead atoms. The largest absolute Gasteiger partial charge is 0.496 e. The second-order valence-corrected chi connectivity index (χ2v) is 6.92. The third-order valence-corrected chi connectivity index (χ3v) is 4.22. The molecule has 2 aromatic rings. The highest BCUT2D eigenvalue weighted by molar-refractivity contribution is 5.92. The maximum Gasteiger partial charge on any atom is 0.193 e. The Kier molecular flexibility index (Phi) is 5.74. The number of rotatable bonds is 6. The van der Waals surface area contributed by atoms with Gasteiger partial charge in [-0.15, -0.1) is 0 Å². The molecule has 1 aliphatic heterocycles. The standard InChI is InChI=1S/C21H27N3O3/c1-13(2)26-18-7-5-17(6-8-18)24-21(22)23-12-16-11-20-15(9-14(3)27-20)10-19(16)25-4/h5-8,10-11,13-14H,9,12H2,1-4H3,(H3,22,23,24). The summed E-state index contributed by atoms with van der Waals surface area (Å²) in [7, 11) is 1.66. The average Bonchev–Trinajstić information content (AvgIpc) is 2.99. The number of benzene rings is 2. The van der Waals surface area contributed by atoms with Gasteiger partial charge in [0.15, 0.2) is 5.96 Å². The molecule has 2 aromatic carbocycles. The van der Waals surface area contributed by atoms with Crippen molar-refractivity contribution in [3.05, 3.63) is 47.5 Å². The Morgan fingerprint density at radius 2 is 2.04 bits per heavy atom. The summed E-state index contributed by atoms with van der Waals surface area (Å²) in [5.41, 5.74) is 9.00. The summed E-state index contributed by atoms with van der Waals surface area (Å²) >= 11 is 0. The molecule has 1 atom stereocenters. The van der Waals surface area contributed by atoms with Crippen LogP contribution in [-0.4, -0.2) is 25.3 Å². The zero-order valence-electron chi connectivity index (χ0n) is 16.3. The fraction of sp³-hybridized carbons (Fsp3) is 0.381. The zero-order chi connectivity index (χ0) is 19.4. The lowest BCUT2D eigenvalue weighted by molar-refractivity contribution is 0.242. The fourth-order valence-electron chi connectivity index (χ4n) is 3.04. The Bertz CT molecular complexity index is 816. The number of fused-ring (bicyclic) bond motifs is 1. The minimum Gasteiger partial charge on any atom is -0.496 e. The Labute approximate surface area is 160 Å². The monoisotopic (exact) mass is 369 g/mol. The van der Waals surface area contributed by atoms with Crippen LogP contribution < -0.4 is 25.3 Å². The number of nitrogens with two attached hydrogens (primary N) is 1. The van der Waals surface area contributed by atoms with E-state index in [1.165, 1.54) is 5.56 Å². The van der Waals surface area contributed by atoms with Crippen LogP contribution in [0.5, 0.6) is 17.2 Å². The summed E-state index contributed by atoms with van der Waals surface area (Å²) in [6.07, 6.45) is 1.23. The number of nitrogens with one attached hydrogen (secondary N) is 1. The van der Waals surface area contributed by atoms with Crippen molar-refractivity contribution in [1.29, 1.82) is 0 Å². The van der Waals surface area contributed by atoms with Crippen molar-refractivity contribution in [2.45, 2.75) is 45.9 Å². The molecule has 0 fully saturated rings. The predicted octanol–water partition coefficient (Wildman–Crippen LogP) is 3.73. The van der Waals surface area contributed by atoms with E-state index in [0.717, 1.165) is 34.9 Å². The molecule has 1 aliphatic rings.